The Kier molecular flexibility index (Phi) is 4.66. The number of amides is 1. The van der Waals surface area contributed by atoms with Crippen LogP contribution in [0.2, 0.25) is 0 Å². The number of nitro groups is 1. The summed E-state index contributed by atoms with van der Waals surface area (Å²) in [5, 5.41) is 12.8. The molecule has 8 nitrogen and oxygen atoms in total. The van der Waals surface area contributed by atoms with Gasteiger partial charge in [0.05, 0.1) is 22.1 Å². The fourth-order valence-corrected chi connectivity index (χ4v) is 4.55. The quantitative estimate of drug-likeness (QED) is 0.480. The van der Waals surface area contributed by atoms with Crippen molar-refractivity contribution in [3.05, 3.63) is 67.6 Å². The molecular weight excluding hydrogens is 388 g/mol. The van der Waals surface area contributed by atoms with Gasteiger partial charge in [0.15, 0.2) is 4.96 Å². The molecule has 0 radical (unpaired) electrons. The Bertz CT molecular complexity index is 1110. The predicted octanol–water partition coefficient (Wildman–Crippen LogP) is 2.49. The van der Waals surface area contributed by atoms with Crippen LogP contribution in [0.4, 0.5) is 11.4 Å². The predicted molar refractivity (Wildman–Crippen MR) is 105 cm³/mol. The molecule has 0 bridgehead atoms. The monoisotopic (exact) mass is 402 g/mol. The Morgan fingerprint density at radius 3 is 3.04 bits per heavy atom. The van der Waals surface area contributed by atoms with Crippen LogP contribution in [0.1, 0.15) is 11.3 Å². The minimum Gasteiger partial charge on any atom is -0.311 e. The molecule has 3 aromatic rings. The zero-order valence-electron chi connectivity index (χ0n) is 14.0. The Morgan fingerprint density at radius 1 is 1.37 bits per heavy atom. The number of thioether (sulfide) groups is 1. The van der Waals surface area contributed by atoms with Gasteiger partial charge in [-0.15, -0.1) is 23.1 Å². The third-order valence-electron chi connectivity index (χ3n) is 4.31. The van der Waals surface area contributed by atoms with Crippen LogP contribution in [0, 0.1) is 10.1 Å². The third kappa shape index (κ3) is 3.45. The first kappa shape index (κ1) is 17.7. The van der Waals surface area contributed by atoms with E-state index < -0.39 is 4.92 Å². The fourth-order valence-electron chi connectivity index (χ4n) is 3.02. The highest BCUT2D eigenvalue weighted by atomic mass is 32.2. The number of carbonyl (C=O) groups is 1. The van der Waals surface area contributed by atoms with Crippen LogP contribution < -0.4 is 10.5 Å². The minimum absolute atomic E-state index is 0.0185. The van der Waals surface area contributed by atoms with E-state index >= 15 is 0 Å². The van der Waals surface area contributed by atoms with Gasteiger partial charge in [-0.2, -0.15) is 0 Å². The Balaban J connectivity index is 1.42. The summed E-state index contributed by atoms with van der Waals surface area (Å²) in [6.07, 6.45) is 2.37. The van der Waals surface area contributed by atoms with Gasteiger partial charge < -0.3 is 4.90 Å². The maximum Gasteiger partial charge on any atom is 0.271 e. The average molecular weight is 402 g/mol. The zero-order valence-corrected chi connectivity index (χ0v) is 15.7. The maximum atomic E-state index is 12.6. The number of anilines is 1. The van der Waals surface area contributed by atoms with Gasteiger partial charge in [-0.3, -0.25) is 24.1 Å². The Labute approximate surface area is 161 Å². The van der Waals surface area contributed by atoms with Gasteiger partial charge in [0.1, 0.15) is 0 Å². The van der Waals surface area contributed by atoms with Crippen molar-refractivity contribution in [2.75, 3.05) is 17.2 Å². The number of nitrogens with zero attached hydrogens (tertiary/aromatic N) is 4. The van der Waals surface area contributed by atoms with E-state index in [1.807, 2.05) is 0 Å². The smallest absolute Gasteiger partial charge is 0.271 e. The van der Waals surface area contributed by atoms with Crippen LogP contribution in [-0.2, 0) is 17.0 Å². The van der Waals surface area contributed by atoms with Crippen molar-refractivity contribution in [1.82, 2.24) is 9.38 Å². The van der Waals surface area contributed by atoms with Crippen molar-refractivity contribution in [2.24, 2.45) is 0 Å². The van der Waals surface area contributed by atoms with E-state index in [9.17, 15) is 19.7 Å². The van der Waals surface area contributed by atoms with E-state index in [4.69, 9.17) is 0 Å². The summed E-state index contributed by atoms with van der Waals surface area (Å²) in [4.78, 5) is 41.7. The number of nitro benzene ring substituents is 1. The first-order valence-corrected chi connectivity index (χ1v) is 10.2. The molecule has 2 aromatic heterocycles. The third-order valence-corrected chi connectivity index (χ3v) is 6.02. The number of hydrogen-bond acceptors (Lipinski definition) is 7. The first-order chi connectivity index (χ1) is 13.0. The van der Waals surface area contributed by atoms with Crippen LogP contribution in [0.5, 0.6) is 0 Å². The highest BCUT2D eigenvalue weighted by Gasteiger charge is 2.26. The summed E-state index contributed by atoms with van der Waals surface area (Å²) in [5.74, 6) is 0.562. The van der Waals surface area contributed by atoms with Gasteiger partial charge in [0, 0.05) is 42.1 Å². The van der Waals surface area contributed by atoms with Gasteiger partial charge in [0.25, 0.3) is 11.2 Å². The second-order valence-corrected chi connectivity index (χ2v) is 7.86. The first-order valence-electron chi connectivity index (χ1n) is 8.14. The summed E-state index contributed by atoms with van der Waals surface area (Å²) in [7, 11) is 0. The number of aromatic nitrogens is 2. The largest absolute Gasteiger partial charge is 0.311 e. The molecule has 3 heterocycles. The van der Waals surface area contributed by atoms with Crippen molar-refractivity contribution >= 4 is 45.3 Å². The Hall–Kier alpha value is -2.72. The molecule has 1 aliphatic heterocycles. The number of rotatable bonds is 5. The molecule has 0 aliphatic carbocycles. The standard InChI is InChI=1S/C17H14N4O4S2/c22-15-7-12(18-17-20(15)5-6-27-17)9-26-10-16(23)19-4-3-11-1-2-13(21(24)25)8-14(11)19/h1-2,5-8H,3-4,9-10H2. The molecule has 0 atom stereocenters. The minimum atomic E-state index is -0.457. The van der Waals surface area contributed by atoms with E-state index in [1.165, 1.54) is 45.7 Å². The molecule has 10 heteroatoms. The van der Waals surface area contributed by atoms with Crippen molar-refractivity contribution in [3.8, 4) is 0 Å². The van der Waals surface area contributed by atoms with Crippen molar-refractivity contribution in [3.63, 3.8) is 0 Å². The van der Waals surface area contributed by atoms with Crippen LogP contribution in [0.25, 0.3) is 4.96 Å². The highest BCUT2D eigenvalue weighted by Crippen LogP contribution is 2.32. The summed E-state index contributed by atoms with van der Waals surface area (Å²) < 4.78 is 1.48. The number of non-ortho nitro benzene ring substituents is 1. The molecule has 0 fully saturated rings. The maximum absolute atomic E-state index is 12.6. The molecule has 0 saturated heterocycles. The van der Waals surface area contributed by atoms with Gasteiger partial charge in [-0.25, -0.2) is 4.98 Å². The van der Waals surface area contributed by atoms with E-state index in [-0.39, 0.29) is 22.9 Å². The van der Waals surface area contributed by atoms with Gasteiger partial charge in [0.2, 0.25) is 5.91 Å². The lowest BCUT2D eigenvalue weighted by atomic mass is 10.1. The highest BCUT2D eigenvalue weighted by molar-refractivity contribution is 7.99. The van der Waals surface area contributed by atoms with E-state index in [1.54, 1.807) is 22.5 Å². The van der Waals surface area contributed by atoms with Gasteiger partial charge in [-0.05, 0) is 12.0 Å². The number of thiazole rings is 1. The Morgan fingerprint density at radius 2 is 2.22 bits per heavy atom. The molecule has 4 rings (SSSR count). The fraction of sp³-hybridized carbons (Fsp3) is 0.235. The molecule has 1 aliphatic rings. The molecule has 27 heavy (non-hydrogen) atoms. The van der Waals surface area contributed by atoms with Crippen LogP contribution >= 0.6 is 23.1 Å². The number of benzene rings is 1. The average Bonchev–Trinajstić information content (AvgIpc) is 3.27. The molecule has 0 spiro atoms. The number of fused-ring (bicyclic) bond motifs is 2. The van der Waals surface area contributed by atoms with Crippen molar-refractivity contribution in [2.45, 2.75) is 12.2 Å². The lowest BCUT2D eigenvalue weighted by molar-refractivity contribution is -0.384. The molecule has 1 amide bonds. The van der Waals surface area contributed by atoms with Crippen molar-refractivity contribution in [1.29, 1.82) is 0 Å². The second kappa shape index (κ2) is 7.12. The van der Waals surface area contributed by atoms with E-state index in [0.29, 0.717) is 35.1 Å². The molecule has 1 aromatic carbocycles. The summed E-state index contributed by atoms with van der Waals surface area (Å²) in [6, 6.07) is 6.11. The number of carbonyl (C=O) groups excluding carboxylic acids is 1. The second-order valence-electron chi connectivity index (χ2n) is 6.00. The zero-order chi connectivity index (χ0) is 19.0. The molecule has 0 unspecified atom stereocenters. The van der Waals surface area contributed by atoms with E-state index in [0.717, 1.165) is 5.56 Å². The molecule has 138 valence electrons. The van der Waals surface area contributed by atoms with Crippen LogP contribution in [0.3, 0.4) is 0 Å². The normalized spacial score (nSPS) is 13.1. The molecular formula is C17H14N4O4S2. The van der Waals surface area contributed by atoms with Gasteiger partial charge in [-0.1, -0.05) is 6.07 Å². The summed E-state index contributed by atoms with van der Waals surface area (Å²) in [6.45, 7) is 0.524. The van der Waals surface area contributed by atoms with Crippen LogP contribution in [0.15, 0.2) is 40.6 Å². The molecule has 0 N–H and O–H groups in total. The van der Waals surface area contributed by atoms with Gasteiger partial charge >= 0.3 is 0 Å². The van der Waals surface area contributed by atoms with Crippen molar-refractivity contribution < 1.29 is 9.72 Å². The topological polar surface area (TPSA) is 97.8 Å². The lowest BCUT2D eigenvalue weighted by Gasteiger charge is -2.16. The SMILES string of the molecule is O=C(CSCc1cc(=O)n2ccsc2n1)N1CCc2ccc([N+](=O)[O-])cc21. The van der Waals surface area contributed by atoms with E-state index in [2.05, 4.69) is 4.98 Å². The summed E-state index contributed by atoms with van der Waals surface area (Å²) in [5.41, 5.74) is 2.04. The van der Waals surface area contributed by atoms with Crippen LogP contribution in [-0.4, -0.2) is 32.5 Å². The lowest BCUT2D eigenvalue weighted by Crippen LogP contribution is -2.30. The molecule has 0 saturated carbocycles. The number of hydrogen-bond donors (Lipinski definition) is 0. The summed E-state index contributed by atoms with van der Waals surface area (Å²) >= 11 is 2.76.